The zero-order valence-electron chi connectivity index (χ0n) is 32.8. The number of methoxy groups -OCH3 is 2. The number of carbonyl (C=O) groups is 4. The van der Waals surface area contributed by atoms with Gasteiger partial charge in [0.1, 0.15) is 23.6 Å². The maximum atomic E-state index is 13.4. The summed E-state index contributed by atoms with van der Waals surface area (Å²) in [5.74, 6) is 1.00. The van der Waals surface area contributed by atoms with Gasteiger partial charge in [-0.1, -0.05) is 48.6 Å². The van der Waals surface area contributed by atoms with Crippen molar-refractivity contribution in [1.82, 2.24) is 14.8 Å². The largest absolute Gasteiger partial charge is 0.497 e. The number of rotatable bonds is 12. The number of carbonyl (C=O) groups excluding carboxylic acids is 4. The van der Waals surface area contributed by atoms with Crippen molar-refractivity contribution in [3.05, 3.63) is 125 Å². The number of hydrogen-bond donors (Lipinski definition) is 3. The summed E-state index contributed by atoms with van der Waals surface area (Å²) < 4.78 is 10.8. The summed E-state index contributed by atoms with van der Waals surface area (Å²) in [6.07, 6.45) is 12.0. The molecule has 4 amide bonds. The molecule has 2 fully saturated rings. The Morgan fingerprint density at radius 1 is 0.707 bits per heavy atom. The fraction of sp³-hybridized carbons (Fsp3) is 0.277. The van der Waals surface area contributed by atoms with E-state index in [1.54, 1.807) is 24.0 Å². The van der Waals surface area contributed by atoms with Crippen LogP contribution < -0.4 is 20.1 Å². The first-order valence-corrected chi connectivity index (χ1v) is 19.9. The molecule has 1 aromatic heterocycles. The van der Waals surface area contributed by atoms with Crippen molar-refractivity contribution in [3.8, 4) is 11.5 Å². The Morgan fingerprint density at radius 3 is 1.84 bits per heavy atom. The molecule has 0 radical (unpaired) electrons. The van der Waals surface area contributed by atoms with Crippen molar-refractivity contribution >= 4 is 63.6 Å². The number of anilines is 2. The van der Waals surface area contributed by atoms with Gasteiger partial charge in [-0.2, -0.15) is 0 Å². The summed E-state index contributed by atoms with van der Waals surface area (Å²) in [5, 5.41) is 6.96. The van der Waals surface area contributed by atoms with Crippen LogP contribution in [-0.2, 0) is 32.0 Å². The lowest BCUT2D eigenvalue weighted by Crippen LogP contribution is -2.43. The number of allylic oxidation sites excluding steroid dienone is 1. The van der Waals surface area contributed by atoms with Gasteiger partial charge in [-0.15, -0.1) is 0 Å². The van der Waals surface area contributed by atoms with Gasteiger partial charge < -0.3 is 34.9 Å². The summed E-state index contributed by atoms with van der Waals surface area (Å²) in [6, 6.07) is 25.8. The van der Waals surface area contributed by atoms with E-state index in [4.69, 9.17) is 9.47 Å². The number of benzene rings is 4. The van der Waals surface area contributed by atoms with E-state index < -0.39 is 12.1 Å². The van der Waals surface area contributed by atoms with Gasteiger partial charge in [-0.3, -0.25) is 19.2 Å². The molecule has 2 saturated heterocycles. The highest BCUT2D eigenvalue weighted by Crippen LogP contribution is 2.34. The van der Waals surface area contributed by atoms with Crippen LogP contribution in [0.25, 0.3) is 28.6 Å². The lowest BCUT2D eigenvalue weighted by molar-refractivity contribution is -0.136. The van der Waals surface area contributed by atoms with Crippen LogP contribution in [0.15, 0.2) is 97.2 Å². The van der Waals surface area contributed by atoms with Crippen LogP contribution in [0, 0.1) is 0 Å². The number of amides is 4. The molecule has 58 heavy (non-hydrogen) atoms. The third kappa shape index (κ3) is 8.25. The smallest absolute Gasteiger partial charge is 0.247 e. The van der Waals surface area contributed by atoms with Crippen molar-refractivity contribution < 1.29 is 28.7 Å². The topological polar surface area (TPSA) is 133 Å². The second kappa shape index (κ2) is 16.9. The van der Waals surface area contributed by atoms with E-state index in [9.17, 15) is 19.2 Å². The van der Waals surface area contributed by atoms with Crippen molar-refractivity contribution in [2.75, 3.05) is 37.9 Å². The number of likely N-dealkylation sites (tertiary alicyclic amines) is 2. The zero-order chi connectivity index (χ0) is 40.2. The Bertz CT molecular complexity index is 2410. The molecule has 3 aliphatic rings. The number of aromatic nitrogens is 1. The highest BCUT2D eigenvalue weighted by atomic mass is 16.5. The number of fused-ring (bicyclic) bond motifs is 2. The van der Waals surface area contributed by atoms with Gasteiger partial charge in [0.25, 0.3) is 0 Å². The van der Waals surface area contributed by atoms with Crippen molar-refractivity contribution in [2.45, 2.75) is 57.0 Å². The summed E-state index contributed by atoms with van der Waals surface area (Å²) in [5.41, 5.74) is 8.25. The highest BCUT2D eigenvalue weighted by molar-refractivity contribution is 6.00. The molecule has 3 N–H and O–H groups in total. The molecule has 296 valence electrons. The fourth-order valence-corrected chi connectivity index (χ4v) is 8.30. The SMILES string of the molecule is COc1ccc2c(c1)C(CC(=O)N1CCC[C@H]1C(=O)Nc1ccc(/C=C/c3ccc(NC(=O)[C@@H]4CCCN4C(=O)Cc4c[nH]c5ccc(OC)cc45)cc3)cc1)=CC2. The van der Waals surface area contributed by atoms with Crippen LogP contribution in [0.4, 0.5) is 11.4 Å². The van der Waals surface area contributed by atoms with Gasteiger partial charge in [0, 0.05) is 41.6 Å². The summed E-state index contributed by atoms with van der Waals surface area (Å²) in [6.45, 7) is 1.11. The Balaban J connectivity index is 0.818. The van der Waals surface area contributed by atoms with Gasteiger partial charge in [0.2, 0.25) is 23.6 Å². The summed E-state index contributed by atoms with van der Waals surface area (Å²) >= 11 is 0. The number of nitrogens with one attached hydrogen (secondary N) is 3. The van der Waals surface area contributed by atoms with Crippen LogP contribution in [0.5, 0.6) is 11.5 Å². The number of hydrogen-bond acceptors (Lipinski definition) is 6. The van der Waals surface area contributed by atoms with Crippen molar-refractivity contribution in [2.24, 2.45) is 0 Å². The van der Waals surface area contributed by atoms with Crippen molar-refractivity contribution in [1.29, 1.82) is 0 Å². The van der Waals surface area contributed by atoms with Gasteiger partial charge in [0.05, 0.1) is 27.1 Å². The normalized spacial score (nSPS) is 17.4. The second-order valence-electron chi connectivity index (χ2n) is 15.1. The minimum Gasteiger partial charge on any atom is -0.497 e. The molecule has 8 rings (SSSR count). The van der Waals surface area contributed by atoms with Crippen LogP contribution in [0.1, 0.15) is 59.9 Å². The molecule has 3 heterocycles. The van der Waals surface area contributed by atoms with Crippen LogP contribution >= 0.6 is 0 Å². The molecule has 0 unspecified atom stereocenters. The van der Waals surface area contributed by atoms with E-state index in [2.05, 4.69) is 21.7 Å². The second-order valence-corrected chi connectivity index (χ2v) is 15.1. The first kappa shape index (κ1) is 38.3. The quantitative estimate of drug-likeness (QED) is 0.113. The lowest BCUT2D eigenvalue weighted by Gasteiger charge is -2.24. The zero-order valence-corrected chi connectivity index (χ0v) is 32.8. The predicted molar refractivity (Wildman–Crippen MR) is 226 cm³/mol. The average Bonchev–Trinajstić information content (AvgIpc) is 4.08. The molecule has 11 heteroatoms. The van der Waals surface area contributed by atoms with Gasteiger partial charge in [-0.05, 0) is 120 Å². The Kier molecular flexibility index (Phi) is 11.1. The number of nitrogens with zero attached hydrogens (tertiary/aromatic N) is 2. The Labute approximate surface area is 337 Å². The average molecular weight is 778 g/mol. The number of H-pyrrole nitrogens is 1. The molecule has 11 nitrogen and oxygen atoms in total. The molecule has 1 aliphatic carbocycles. The van der Waals surface area contributed by atoms with E-state index in [-0.39, 0.29) is 36.5 Å². The molecule has 5 aromatic rings. The predicted octanol–water partition coefficient (Wildman–Crippen LogP) is 7.49. The van der Waals surface area contributed by atoms with E-state index in [1.165, 1.54) is 5.56 Å². The first-order valence-electron chi connectivity index (χ1n) is 19.9. The van der Waals surface area contributed by atoms with E-state index in [1.807, 2.05) is 103 Å². The molecule has 4 aromatic carbocycles. The van der Waals surface area contributed by atoms with Crippen molar-refractivity contribution in [3.63, 3.8) is 0 Å². The maximum Gasteiger partial charge on any atom is 0.247 e. The van der Waals surface area contributed by atoms with E-state index in [0.29, 0.717) is 37.3 Å². The van der Waals surface area contributed by atoms with Gasteiger partial charge in [-0.25, -0.2) is 0 Å². The Morgan fingerprint density at radius 2 is 1.26 bits per heavy atom. The molecule has 0 bridgehead atoms. The Hall–Kier alpha value is -6.62. The third-order valence-electron chi connectivity index (χ3n) is 11.5. The van der Waals surface area contributed by atoms with Crippen LogP contribution in [0.2, 0.25) is 0 Å². The minimum atomic E-state index is -0.525. The summed E-state index contributed by atoms with van der Waals surface area (Å²) in [7, 11) is 3.25. The van der Waals surface area contributed by atoms with E-state index in [0.717, 1.165) is 69.5 Å². The molecule has 2 atom stereocenters. The third-order valence-corrected chi connectivity index (χ3v) is 11.5. The molecule has 0 saturated carbocycles. The van der Waals surface area contributed by atoms with Crippen LogP contribution in [0.3, 0.4) is 0 Å². The molecular weight excluding hydrogens is 731 g/mol. The maximum absolute atomic E-state index is 13.4. The first-order chi connectivity index (χ1) is 28.3. The standard InChI is InChI=1S/C47H47N5O6/c1-57-37-20-15-32-13-14-33(39(32)27-37)25-44(53)51-23-3-5-42(51)46(55)49-35-16-9-30(10-17-35)7-8-31-11-18-36(19-12-31)50-47(56)43-6-4-24-52(43)45(54)26-34-29-48-41-22-21-38(58-2)28-40(34)41/h7-12,14-22,27-29,42-43,48H,3-6,13,23-26H2,1-2H3,(H,49,55)(H,50,56)/b8-7+/t42-,43-/m0/s1. The van der Waals surface area contributed by atoms with E-state index >= 15 is 0 Å². The van der Waals surface area contributed by atoms with Crippen LogP contribution in [-0.4, -0.2) is 77.8 Å². The monoisotopic (exact) mass is 777 g/mol. The summed E-state index contributed by atoms with van der Waals surface area (Å²) in [4.78, 5) is 60.2. The molecule has 2 aliphatic heterocycles. The fourth-order valence-electron chi connectivity index (χ4n) is 8.30. The highest BCUT2D eigenvalue weighted by Gasteiger charge is 2.36. The number of ether oxygens (including phenoxy) is 2. The van der Waals surface area contributed by atoms with Gasteiger partial charge >= 0.3 is 0 Å². The minimum absolute atomic E-state index is 0.0391. The molecular formula is C47H47N5O6. The molecule has 0 spiro atoms. The van der Waals surface area contributed by atoms with Gasteiger partial charge in [0.15, 0.2) is 0 Å². The number of aromatic amines is 1. The lowest BCUT2D eigenvalue weighted by atomic mass is 10.0.